The summed E-state index contributed by atoms with van der Waals surface area (Å²) in [6.45, 7) is 6.27. The Labute approximate surface area is 106 Å². The predicted octanol–water partition coefficient (Wildman–Crippen LogP) is 2.84. The van der Waals surface area contributed by atoms with Crippen molar-refractivity contribution in [3.63, 3.8) is 0 Å². The van der Waals surface area contributed by atoms with E-state index < -0.39 is 5.97 Å². The van der Waals surface area contributed by atoms with Crippen LogP contribution >= 0.6 is 11.3 Å². The fraction of sp³-hybridized carbons (Fsp3) is 0.615. The molecule has 0 saturated heterocycles. The van der Waals surface area contributed by atoms with Gasteiger partial charge in [-0.05, 0) is 43.9 Å². The van der Waals surface area contributed by atoms with Crippen LogP contribution in [0, 0.1) is 18.8 Å². The Bertz CT molecular complexity index is 427. The number of hydrogen-bond donors (Lipinski definition) is 1. The second-order valence-electron chi connectivity index (χ2n) is 5.17. The summed E-state index contributed by atoms with van der Waals surface area (Å²) in [5.74, 6) is 0.899. The Morgan fingerprint density at radius 1 is 1.65 bits per heavy atom. The van der Waals surface area contributed by atoms with Crippen molar-refractivity contribution in [3.8, 4) is 0 Å². The van der Waals surface area contributed by atoms with Gasteiger partial charge in [-0.15, -0.1) is 11.3 Å². The Balaban J connectivity index is 1.95. The molecule has 1 aromatic rings. The van der Waals surface area contributed by atoms with E-state index in [1.807, 2.05) is 13.0 Å². The standard InChI is InChI=1S/C13H19NO2S/c1-8-4-10(8)6-14(3)7-11-5-12(13(15)16)17-9(11)2/h5,8,10H,4,6-7H2,1-3H3,(H,15,16). The minimum Gasteiger partial charge on any atom is -0.477 e. The fourth-order valence-corrected chi connectivity index (χ4v) is 3.06. The number of rotatable bonds is 5. The molecule has 0 aromatic carbocycles. The highest BCUT2D eigenvalue weighted by atomic mass is 32.1. The Morgan fingerprint density at radius 2 is 2.29 bits per heavy atom. The summed E-state index contributed by atoms with van der Waals surface area (Å²) in [5.41, 5.74) is 1.16. The zero-order valence-electron chi connectivity index (χ0n) is 10.6. The van der Waals surface area contributed by atoms with Crippen LogP contribution in [0.4, 0.5) is 0 Å². The summed E-state index contributed by atoms with van der Waals surface area (Å²) in [5, 5.41) is 8.94. The lowest BCUT2D eigenvalue weighted by Crippen LogP contribution is -2.21. The molecule has 1 saturated carbocycles. The molecule has 3 nitrogen and oxygen atoms in total. The van der Waals surface area contributed by atoms with Crippen LogP contribution in [-0.2, 0) is 6.54 Å². The average Bonchev–Trinajstić information content (AvgIpc) is 2.77. The van der Waals surface area contributed by atoms with Crippen LogP contribution in [0.25, 0.3) is 0 Å². The summed E-state index contributed by atoms with van der Waals surface area (Å²) in [7, 11) is 2.11. The van der Waals surface area contributed by atoms with Gasteiger partial charge in [0.05, 0.1) is 0 Å². The summed E-state index contributed by atoms with van der Waals surface area (Å²) in [4.78, 5) is 14.8. The topological polar surface area (TPSA) is 40.5 Å². The van der Waals surface area contributed by atoms with Crippen LogP contribution in [0.3, 0.4) is 0 Å². The second kappa shape index (κ2) is 4.78. The van der Waals surface area contributed by atoms with Gasteiger partial charge in [-0.1, -0.05) is 6.92 Å². The monoisotopic (exact) mass is 253 g/mol. The first-order valence-electron chi connectivity index (χ1n) is 5.98. The Hall–Kier alpha value is -0.870. The number of thiophene rings is 1. The van der Waals surface area contributed by atoms with E-state index in [-0.39, 0.29) is 0 Å². The van der Waals surface area contributed by atoms with Gasteiger partial charge in [0.15, 0.2) is 0 Å². The van der Waals surface area contributed by atoms with Gasteiger partial charge in [-0.3, -0.25) is 0 Å². The van der Waals surface area contributed by atoms with Crippen LogP contribution < -0.4 is 0 Å². The molecule has 2 rings (SSSR count). The van der Waals surface area contributed by atoms with Gasteiger partial charge in [-0.2, -0.15) is 0 Å². The third kappa shape index (κ3) is 3.07. The van der Waals surface area contributed by atoms with Crippen LogP contribution in [0.15, 0.2) is 6.07 Å². The van der Waals surface area contributed by atoms with Gasteiger partial charge in [0.2, 0.25) is 0 Å². The maximum Gasteiger partial charge on any atom is 0.345 e. The van der Waals surface area contributed by atoms with Crippen LogP contribution in [0.2, 0.25) is 0 Å². The molecule has 2 unspecified atom stereocenters. The number of hydrogen-bond acceptors (Lipinski definition) is 3. The van der Waals surface area contributed by atoms with Crippen molar-refractivity contribution < 1.29 is 9.90 Å². The third-order valence-electron chi connectivity index (χ3n) is 3.49. The van der Waals surface area contributed by atoms with Crippen molar-refractivity contribution in [2.24, 2.45) is 11.8 Å². The molecule has 0 radical (unpaired) electrons. The zero-order valence-corrected chi connectivity index (χ0v) is 11.4. The van der Waals surface area contributed by atoms with Crippen LogP contribution in [0.5, 0.6) is 0 Å². The second-order valence-corrected chi connectivity index (χ2v) is 6.42. The van der Waals surface area contributed by atoms with Gasteiger partial charge < -0.3 is 10.0 Å². The maximum absolute atomic E-state index is 10.9. The van der Waals surface area contributed by atoms with Gasteiger partial charge >= 0.3 is 5.97 Å². The number of aryl methyl sites for hydroxylation is 1. The normalized spacial score (nSPS) is 23.1. The van der Waals surface area contributed by atoms with Crippen molar-refractivity contribution in [2.45, 2.75) is 26.8 Å². The number of carboxylic acid groups (broad SMARTS) is 1. The van der Waals surface area contributed by atoms with E-state index in [1.165, 1.54) is 17.8 Å². The van der Waals surface area contributed by atoms with Crippen molar-refractivity contribution in [3.05, 3.63) is 21.4 Å². The zero-order chi connectivity index (χ0) is 12.6. The number of carboxylic acids is 1. The van der Waals surface area contributed by atoms with Gasteiger partial charge in [0.1, 0.15) is 4.88 Å². The molecule has 17 heavy (non-hydrogen) atoms. The lowest BCUT2D eigenvalue weighted by molar-refractivity contribution is 0.0702. The van der Waals surface area contributed by atoms with Crippen molar-refractivity contribution in [1.29, 1.82) is 0 Å². The molecular formula is C13H19NO2S. The fourth-order valence-electron chi connectivity index (χ4n) is 2.19. The largest absolute Gasteiger partial charge is 0.477 e. The van der Waals surface area contributed by atoms with E-state index in [0.717, 1.165) is 35.4 Å². The number of carbonyl (C=O) groups is 1. The lowest BCUT2D eigenvalue weighted by Gasteiger charge is -2.16. The Morgan fingerprint density at radius 3 is 2.76 bits per heavy atom. The molecule has 4 heteroatoms. The van der Waals surface area contributed by atoms with Crippen molar-refractivity contribution in [2.75, 3.05) is 13.6 Å². The maximum atomic E-state index is 10.9. The summed E-state index contributed by atoms with van der Waals surface area (Å²) >= 11 is 1.37. The van der Waals surface area contributed by atoms with E-state index in [2.05, 4.69) is 18.9 Å². The molecule has 0 aliphatic heterocycles. The van der Waals surface area contributed by atoms with Gasteiger partial charge in [0.25, 0.3) is 0 Å². The van der Waals surface area contributed by atoms with E-state index >= 15 is 0 Å². The summed E-state index contributed by atoms with van der Waals surface area (Å²) in [6.07, 6.45) is 1.34. The van der Waals surface area contributed by atoms with Crippen molar-refractivity contribution >= 4 is 17.3 Å². The molecule has 0 amide bonds. The molecule has 1 aliphatic rings. The van der Waals surface area contributed by atoms with E-state index in [4.69, 9.17) is 5.11 Å². The van der Waals surface area contributed by atoms with E-state index in [9.17, 15) is 4.79 Å². The van der Waals surface area contributed by atoms with E-state index in [1.54, 1.807) is 0 Å². The molecule has 1 N–H and O–H groups in total. The molecular weight excluding hydrogens is 234 g/mol. The average molecular weight is 253 g/mol. The quantitative estimate of drug-likeness (QED) is 0.877. The molecule has 94 valence electrons. The van der Waals surface area contributed by atoms with Crippen molar-refractivity contribution in [1.82, 2.24) is 4.90 Å². The molecule has 1 aliphatic carbocycles. The first-order chi connectivity index (χ1) is 7.97. The first kappa shape index (κ1) is 12.6. The summed E-state index contributed by atoms with van der Waals surface area (Å²) < 4.78 is 0. The summed E-state index contributed by atoms with van der Waals surface area (Å²) in [6, 6.07) is 1.81. The molecule has 0 bridgehead atoms. The molecule has 1 heterocycles. The molecule has 1 fully saturated rings. The highest BCUT2D eigenvalue weighted by molar-refractivity contribution is 7.14. The van der Waals surface area contributed by atoms with E-state index in [0.29, 0.717) is 4.88 Å². The lowest BCUT2D eigenvalue weighted by atomic mass is 10.2. The van der Waals surface area contributed by atoms with Gasteiger partial charge in [0, 0.05) is 18.0 Å². The molecule has 0 spiro atoms. The highest BCUT2D eigenvalue weighted by Crippen LogP contribution is 2.38. The number of nitrogens with zero attached hydrogens (tertiary/aromatic N) is 1. The molecule has 2 atom stereocenters. The van der Waals surface area contributed by atoms with Crippen LogP contribution in [-0.4, -0.2) is 29.6 Å². The Kier molecular flexibility index (Phi) is 3.54. The minimum atomic E-state index is -0.817. The smallest absolute Gasteiger partial charge is 0.345 e. The molecule has 1 aromatic heterocycles. The first-order valence-corrected chi connectivity index (χ1v) is 6.80. The number of aromatic carboxylic acids is 1. The SMILES string of the molecule is Cc1sc(C(=O)O)cc1CN(C)CC1CC1C. The minimum absolute atomic E-state index is 0.450. The van der Waals surface area contributed by atoms with Crippen LogP contribution in [0.1, 0.15) is 33.5 Å². The predicted molar refractivity (Wildman–Crippen MR) is 69.6 cm³/mol. The highest BCUT2D eigenvalue weighted by Gasteiger charge is 2.33. The van der Waals surface area contributed by atoms with Gasteiger partial charge in [-0.25, -0.2) is 4.79 Å². The third-order valence-corrected chi connectivity index (χ3v) is 4.57.